The maximum absolute atomic E-state index is 12.1. The van der Waals surface area contributed by atoms with Gasteiger partial charge in [-0.2, -0.15) is 0 Å². The van der Waals surface area contributed by atoms with E-state index in [1.54, 1.807) is 31.3 Å². The lowest BCUT2D eigenvalue weighted by Gasteiger charge is -2.12. The van der Waals surface area contributed by atoms with Crippen molar-refractivity contribution in [2.75, 3.05) is 6.61 Å². The largest absolute Gasteiger partial charge is 0.464 e. The van der Waals surface area contributed by atoms with Crippen molar-refractivity contribution < 1.29 is 9.53 Å². The van der Waals surface area contributed by atoms with Crippen molar-refractivity contribution in [3.8, 4) is 0 Å². The number of nitrogens with zero attached hydrogens (tertiary/aromatic N) is 1. The molecule has 2 rings (SSSR count). The van der Waals surface area contributed by atoms with Crippen LogP contribution >= 0.6 is 23.2 Å². The molecule has 5 heteroatoms. The molecular weight excluding hydrogens is 321 g/mol. The Morgan fingerprint density at radius 3 is 2.55 bits per heavy atom. The number of esters is 1. The fourth-order valence-corrected chi connectivity index (χ4v) is 2.19. The molecule has 0 saturated carbocycles. The van der Waals surface area contributed by atoms with Gasteiger partial charge < -0.3 is 4.74 Å². The van der Waals surface area contributed by atoms with Gasteiger partial charge in [0.05, 0.1) is 16.7 Å². The van der Waals surface area contributed by atoms with E-state index in [9.17, 15) is 4.79 Å². The van der Waals surface area contributed by atoms with Gasteiger partial charge >= 0.3 is 5.97 Å². The van der Waals surface area contributed by atoms with Gasteiger partial charge in [-0.1, -0.05) is 59.6 Å². The van der Waals surface area contributed by atoms with Gasteiger partial charge in [0.1, 0.15) is 0 Å². The van der Waals surface area contributed by atoms with Crippen molar-refractivity contribution in [1.82, 2.24) is 0 Å². The van der Waals surface area contributed by atoms with Crippen LogP contribution in [0.25, 0.3) is 0 Å². The minimum atomic E-state index is -0.769. The molecule has 2 aromatic rings. The topological polar surface area (TPSA) is 38.7 Å². The van der Waals surface area contributed by atoms with Crippen LogP contribution in [0, 0.1) is 0 Å². The minimum Gasteiger partial charge on any atom is -0.464 e. The number of ether oxygens (including phenoxy) is 1. The average molecular weight is 336 g/mol. The van der Waals surface area contributed by atoms with Gasteiger partial charge in [0.15, 0.2) is 6.04 Å². The van der Waals surface area contributed by atoms with E-state index in [0.29, 0.717) is 15.6 Å². The number of hydrogen-bond donors (Lipinski definition) is 0. The lowest BCUT2D eigenvalue weighted by atomic mass is 10.1. The molecule has 0 N–H and O–H groups in total. The monoisotopic (exact) mass is 335 g/mol. The molecule has 0 radical (unpaired) electrons. The van der Waals surface area contributed by atoms with E-state index in [0.717, 1.165) is 5.56 Å². The second kappa shape index (κ2) is 7.97. The summed E-state index contributed by atoms with van der Waals surface area (Å²) in [5.74, 6) is -0.423. The van der Waals surface area contributed by atoms with Crippen LogP contribution in [-0.2, 0) is 9.53 Å². The molecule has 1 unspecified atom stereocenters. The van der Waals surface area contributed by atoms with Crippen LogP contribution in [0.3, 0.4) is 0 Å². The van der Waals surface area contributed by atoms with Crippen LogP contribution in [0.1, 0.15) is 24.1 Å². The fraction of sp³-hybridized carbons (Fsp3) is 0.176. The van der Waals surface area contributed by atoms with Crippen molar-refractivity contribution in [1.29, 1.82) is 0 Å². The summed E-state index contributed by atoms with van der Waals surface area (Å²) in [5.41, 5.74) is 1.54. The second-order valence-corrected chi connectivity index (χ2v) is 5.33. The van der Waals surface area contributed by atoms with Crippen molar-refractivity contribution in [3.05, 3.63) is 69.7 Å². The Hall–Kier alpha value is -1.84. The summed E-state index contributed by atoms with van der Waals surface area (Å²) in [6, 6.07) is 13.8. The molecule has 2 aromatic carbocycles. The summed E-state index contributed by atoms with van der Waals surface area (Å²) in [7, 11) is 0. The third-order valence-corrected chi connectivity index (χ3v) is 3.68. The Labute approximate surface area is 139 Å². The van der Waals surface area contributed by atoms with Gasteiger partial charge in [-0.25, -0.2) is 4.79 Å². The first-order chi connectivity index (χ1) is 10.6. The second-order valence-electron chi connectivity index (χ2n) is 4.52. The van der Waals surface area contributed by atoms with E-state index >= 15 is 0 Å². The van der Waals surface area contributed by atoms with Crippen LogP contribution in [0.5, 0.6) is 0 Å². The molecule has 0 saturated heterocycles. The SMILES string of the molecule is CCOC(=O)C(/N=C/c1ccccc1)c1ccc(Cl)c(Cl)c1. The normalized spacial score (nSPS) is 12.3. The van der Waals surface area contributed by atoms with Gasteiger partial charge in [-0.05, 0) is 30.2 Å². The zero-order valence-electron chi connectivity index (χ0n) is 12.0. The first kappa shape index (κ1) is 16.5. The molecule has 0 aliphatic carbocycles. The highest BCUT2D eigenvalue weighted by Gasteiger charge is 2.21. The molecule has 0 heterocycles. The molecule has 1 atom stereocenters. The number of halogens is 2. The van der Waals surface area contributed by atoms with Crippen molar-refractivity contribution in [2.24, 2.45) is 4.99 Å². The van der Waals surface area contributed by atoms with E-state index in [1.807, 2.05) is 30.3 Å². The lowest BCUT2D eigenvalue weighted by Crippen LogP contribution is -2.14. The van der Waals surface area contributed by atoms with Crippen LogP contribution in [0.2, 0.25) is 10.0 Å². The minimum absolute atomic E-state index is 0.289. The smallest absolute Gasteiger partial charge is 0.335 e. The van der Waals surface area contributed by atoms with Crippen LogP contribution in [0.4, 0.5) is 0 Å². The number of benzene rings is 2. The maximum atomic E-state index is 12.1. The molecule has 22 heavy (non-hydrogen) atoms. The predicted molar refractivity (Wildman–Crippen MR) is 89.9 cm³/mol. The molecular formula is C17H15Cl2NO2. The standard InChI is InChI=1S/C17H15Cl2NO2/c1-2-22-17(21)16(13-8-9-14(18)15(19)10-13)20-11-12-6-4-3-5-7-12/h3-11,16H,2H2,1H3/b20-11+. The summed E-state index contributed by atoms with van der Waals surface area (Å²) in [6.07, 6.45) is 1.64. The maximum Gasteiger partial charge on any atom is 0.335 e. The van der Waals surface area contributed by atoms with Gasteiger partial charge in [0.25, 0.3) is 0 Å². The molecule has 0 aromatic heterocycles. The van der Waals surface area contributed by atoms with Crippen molar-refractivity contribution in [3.63, 3.8) is 0 Å². The predicted octanol–water partition coefficient (Wildman–Crippen LogP) is 4.72. The number of carbonyl (C=O) groups is 1. The summed E-state index contributed by atoms with van der Waals surface area (Å²) >= 11 is 11.9. The fourth-order valence-electron chi connectivity index (χ4n) is 1.89. The Balaban J connectivity index is 2.32. The third-order valence-electron chi connectivity index (χ3n) is 2.94. The average Bonchev–Trinajstić information content (AvgIpc) is 2.52. The van der Waals surface area contributed by atoms with Gasteiger partial charge in [0, 0.05) is 6.21 Å². The lowest BCUT2D eigenvalue weighted by molar-refractivity contribution is -0.144. The molecule has 3 nitrogen and oxygen atoms in total. The molecule has 0 aliphatic heterocycles. The molecule has 0 fully saturated rings. The summed E-state index contributed by atoms with van der Waals surface area (Å²) in [6.45, 7) is 2.04. The number of hydrogen-bond acceptors (Lipinski definition) is 3. The van der Waals surface area contributed by atoms with Crippen LogP contribution in [-0.4, -0.2) is 18.8 Å². The van der Waals surface area contributed by atoms with Crippen molar-refractivity contribution >= 4 is 35.4 Å². The highest BCUT2D eigenvalue weighted by Crippen LogP contribution is 2.28. The van der Waals surface area contributed by atoms with Crippen LogP contribution in [0.15, 0.2) is 53.5 Å². The van der Waals surface area contributed by atoms with Crippen molar-refractivity contribution in [2.45, 2.75) is 13.0 Å². The van der Waals surface area contributed by atoms with Gasteiger partial charge in [-0.3, -0.25) is 4.99 Å². The Bertz CT molecular complexity index is 672. The summed E-state index contributed by atoms with van der Waals surface area (Å²) in [5, 5.41) is 0.809. The zero-order chi connectivity index (χ0) is 15.9. The van der Waals surface area contributed by atoms with Gasteiger partial charge in [0.2, 0.25) is 0 Å². The molecule has 0 bridgehead atoms. The van der Waals surface area contributed by atoms with Gasteiger partial charge in [-0.15, -0.1) is 0 Å². The third kappa shape index (κ3) is 4.33. The Morgan fingerprint density at radius 2 is 1.91 bits per heavy atom. The Morgan fingerprint density at radius 1 is 1.18 bits per heavy atom. The molecule has 114 valence electrons. The van der Waals surface area contributed by atoms with E-state index in [-0.39, 0.29) is 6.61 Å². The highest BCUT2D eigenvalue weighted by molar-refractivity contribution is 6.42. The zero-order valence-corrected chi connectivity index (χ0v) is 13.5. The summed E-state index contributed by atoms with van der Waals surface area (Å²) in [4.78, 5) is 16.5. The van der Waals surface area contributed by atoms with Crippen LogP contribution < -0.4 is 0 Å². The number of rotatable bonds is 5. The quantitative estimate of drug-likeness (QED) is 0.585. The molecule has 0 spiro atoms. The first-order valence-electron chi connectivity index (χ1n) is 6.81. The van der Waals surface area contributed by atoms with E-state index in [1.165, 1.54) is 0 Å². The number of carbonyl (C=O) groups excluding carboxylic acids is 1. The number of aliphatic imine (C=N–C) groups is 1. The molecule has 0 amide bonds. The van der Waals surface area contributed by atoms with E-state index in [4.69, 9.17) is 27.9 Å². The molecule has 0 aliphatic rings. The summed E-state index contributed by atoms with van der Waals surface area (Å²) < 4.78 is 5.09. The van der Waals surface area contributed by atoms with E-state index < -0.39 is 12.0 Å². The van der Waals surface area contributed by atoms with E-state index in [2.05, 4.69) is 4.99 Å². The highest BCUT2D eigenvalue weighted by atomic mass is 35.5. The Kier molecular flexibility index (Phi) is 5.99. The first-order valence-corrected chi connectivity index (χ1v) is 7.57.